The Hall–Kier alpha value is -1.81. The maximum Gasteiger partial charge on any atom is 0.127 e. The minimum Gasteiger partial charge on any atom is -0.384 e. The third-order valence-corrected chi connectivity index (χ3v) is 4.20. The first-order valence-electron chi connectivity index (χ1n) is 9.25. The number of anilines is 1. The third-order valence-electron chi connectivity index (χ3n) is 4.20. The van der Waals surface area contributed by atoms with Gasteiger partial charge >= 0.3 is 0 Å². The molecule has 4 heteroatoms. The predicted octanol–water partition coefficient (Wildman–Crippen LogP) is 4.88. The van der Waals surface area contributed by atoms with Crippen LogP contribution in [0.2, 0.25) is 0 Å². The van der Waals surface area contributed by atoms with Crippen LogP contribution in [0.1, 0.15) is 61.1 Å². The molecule has 0 spiro atoms. The fraction of sp³-hybridized carbons (Fsp3) is 0.571. The van der Waals surface area contributed by atoms with Crippen molar-refractivity contribution >= 4 is 5.82 Å². The smallest absolute Gasteiger partial charge is 0.127 e. The first kappa shape index (κ1) is 21.2. The van der Waals surface area contributed by atoms with E-state index in [9.17, 15) is 0 Å². The van der Waals surface area contributed by atoms with Crippen molar-refractivity contribution in [2.45, 2.75) is 72.9 Å². The van der Waals surface area contributed by atoms with Gasteiger partial charge in [0.15, 0.2) is 0 Å². The van der Waals surface area contributed by atoms with Gasteiger partial charge in [-0.05, 0) is 46.4 Å². The van der Waals surface area contributed by atoms with E-state index >= 15 is 0 Å². The van der Waals surface area contributed by atoms with Crippen LogP contribution in [0.3, 0.4) is 0 Å². The first-order valence-corrected chi connectivity index (χ1v) is 9.25. The van der Waals surface area contributed by atoms with Crippen molar-refractivity contribution in [3.05, 3.63) is 42.1 Å². The summed E-state index contributed by atoms with van der Waals surface area (Å²) in [4.78, 5) is 2.46. The zero-order valence-corrected chi connectivity index (χ0v) is 17.2. The van der Waals surface area contributed by atoms with E-state index in [1.165, 1.54) is 0 Å². The number of para-hydroxylation sites is 1. The number of nitrogens with zero attached hydrogens (tertiary/aromatic N) is 3. The van der Waals surface area contributed by atoms with Crippen molar-refractivity contribution in [1.29, 1.82) is 0 Å². The van der Waals surface area contributed by atoms with Crippen molar-refractivity contribution in [2.24, 2.45) is 0 Å². The van der Waals surface area contributed by atoms with Gasteiger partial charge in [0.2, 0.25) is 0 Å². The third kappa shape index (κ3) is 6.20. The summed E-state index contributed by atoms with van der Waals surface area (Å²) in [6, 6.07) is 13.2. The zero-order valence-electron chi connectivity index (χ0n) is 17.2. The fourth-order valence-corrected chi connectivity index (χ4v) is 2.86. The van der Waals surface area contributed by atoms with Crippen LogP contribution in [0.4, 0.5) is 5.82 Å². The molecule has 25 heavy (non-hydrogen) atoms. The molecule has 0 saturated carbocycles. The number of nitrogens with two attached hydrogens (primary N) is 1. The molecule has 0 aliphatic heterocycles. The van der Waals surface area contributed by atoms with Gasteiger partial charge in [-0.1, -0.05) is 45.9 Å². The Morgan fingerprint density at radius 3 is 1.88 bits per heavy atom. The molecule has 0 unspecified atom stereocenters. The number of hydrogen-bond donors (Lipinski definition) is 1. The molecule has 0 amide bonds. The second-order valence-electron chi connectivity index (χ2n) is 7.97. The Bertz CT molecular complexity index is 613. The first-order chi connectivity index (χ1) is 11.6. The lowest BCUT2D eigenvalue weighted by Crippen LogP contribution is -2.36. The number of benzene rings is 1. The topological polar surface area (TPSA) is 47.1 Å². The van der Waals surface area contributed by atoms with E-state index in [4.69, 9.17) is 5.73 Å². The summed E-state index contributed by atoms with van der Waals surface area (Å²) < 4.78 is 1.78. The van der Waals surface area contributed by atoms with Crippen molar-refractivity contribution in [3.63, 3.8) is 0 Å². The quantitative estimate of drug-likeness (QED) is 0.860. The number of rotatable bonds is 4. The zero-order chi connectivity index (χ0) is 19.2. The highest BCUT2D eigenvalue weighted by Gasteiger charge is 2.19. The van der Waals surface area contributed by atoms with E-state index < -0.39 is 0 Å². The lowest BCUT2D eigenvalue weighted by Gasteiger charge is -2.28. The Morgan fingerprint density at radius 2 is 1.56 bits per heavy atom. The summed E-state index contributed by atoms with van der Waals surface area (Å²) in [5.41, 5.74) is 8.00. The Labute approximate surface area is 154 Å². The van der Waals surface area contributed by atoms with Gasteiger partial charge in [-0.2, -0.15) is 5.10 Å². The summed E-state index contributed by atoms with van der Waals surface area (Å²) in [5, 5.41) is 4.54. The molecule has 0 aliphatic carbocycles. The minimum absolute atomic E-state index is 0.0220. The van der Waals surface area contributed by atoms with E-state index in [0.29, 0.717) is 17.9 Å². The molecule has 0 radical (unpaired) electrons. The van der Waals surface area contributed by atoms with Crippen LogP contribution in [0.25, 0.3) is 5.69 Å². The van der Waals surface area contributed by atoms with E-state index in [1.807, 2.05) is 36.4 Å². The molecule has 0 aliphatic rings. The molecule has 1 aromatic carbocycles. The van der Waals surface area contributed by atoms with Gasteiger partial charge in [-0.3, -0.25) is 4.90 Å². The molecule has 2 rings (SSSR count). The largest absolute Gasteiger partial charge is 0.384 e. The molecule has 4 nitrogen and oxygen atoms in total. The summed E-state index contributed by atoms with van der Waals surface area (Å²) in [6.07, 6.45) is 0. The average molecular weight is 345 g/mol. The van der Waals surface area contributed by atoms with Crippen LogP contribution in [0.5, 0.6) is 0 Å². The predicted molar refractivity (Wildman–Crippen MR) is 109 cm³/mol. The molecular weight excluding hydrogens is 308 g/mol. The molecule has 0 bridgehead atoms. The van der Waals surface area contributed by atoms with Gasteiger partial charge in [0, 0.05) is 23.6 Å². The van der Waals surface area contributed by atoms with Crippen molar-refractivity contribution < 1.29 is 0 Å². The number of aromatic nitrogens is 2. The maximum atomic E-state index is 5.97. The molecule has 2 aromatic rings. The highest BCUT2D eigenvalue weighted by Crippen LogP contribution is 2.24. The summed E-state index contributed by atoms with van der Waals surface area (Å²) in [5.74, 6) is 0.677. The Kier molecular flexibility index (Phi) is 7.68. The fourth-order valence-electron chi connectivity index (χ4n) is 2.86. The summed E-state index contributed by atoms with van der Waals surface area (Å²) >= 11 is 0. The van der Waals surface area contributed by atoms with Gasteiger partial charge in [-0.15, -0.1) is 0 Å². The van der Waals surface area contributed by atoms with Gasteiger partial charge in [-0.25, -0.2) is 4.68 Å². The molecular formula is C21H36N4. The molecule has 0 atom stereocenters. The van der Waals surface area contributed by atoms with Crippen LogP contribution in [-0.2, 0) is 5.41 Å². The molecule has 2 N–H and O–H groups in total. The second-order valence-corrected chi connectivity index (χ2v) is 7.97. The Morgan fingerprint density at radius 1 is 1.04 bits per heavy atom. The molecule has 0 saturated heterocycles. The molecule has 1 aromatic heterocycles. The van der Waals surface area contributed by atoms with Gasteiger partial charge in [0.1, 0.15) is 5.82 Å². The minimum atomic E-state index is 0.0220. The van der Waals surface area contributed by atoms with Crippen molar-refractivity contribution in [2.75, 3.05) is 12.3 Å². The standard InChI is InChI=1S/C13H17N3.C8H19N/c1-13(2,3)11-9-12(14)16(15-11)10-7-5-4-6-8-10;1-6-9(7(2)3)8(4)5/h4-9H,14H2,1-3H3;7-8H,6H2,1-5H3. The van der Waals surface area contributed by atoms with Crippen LogP contribution in [-0.4, -0.2) is 33.3 Å². The normalized spacial score (nSPS) is 11.8. The second kappa shape index (κ2) is 9.04. The SMILES string of the molecule is CC(C)(C)c1cc(N)n(-c2ccccc2)n1.CCN(C(C)C)C(C)C. The number of hydrogen-bond acceptors (Lipinski definition) is 3. The van der Waals surface area contributed by atoms with Gasteiger partial charge in [0.05, 0.1) is 11.4 Å². The van der Waals surface area contributed by atoms with Crippen LogP contribution in [0.15, 0.2) is 36.4 Å². The van der Waals surface area contributed by atoms with Gasteiger partial charge < -0.3 is 5.73 Å². The summed E-state index contributed by atoms with van der Waals surface area (Å²) in [7, 11) is 0. The van der Waals surface area contributed by atoms with Crippen molar-refractivity contribution in [3.8, 4) is 5.69 Å². The van der Waals surface area contributed by atoms with Crippen LogP contribution >= 0.6 is 0 Å². The number of nitrogen functional groups attached to an aromatic ring is 1. The lowest BCUT2D eigenvalue weighted by molar-refractivity contribution is 0.185. The lowest BCUT2D eigenvalue weighted by atomic mass is 9.92. The molecule has 0 fully saturated rings. The van der Waals surface area contributed by atoms with Crippen LogP contribution < -0.4 is 5.73 Å². The summed E-state index contributed by atoms with van der Waals surface area (Å²) in [6.45, 7) is 18.7. The molecule has 140 valence electrons. The van der Waals surface area contributed by atoms with Crippen molar-refractivity contribution in [1.82, 2.24) is 14.7 Å². The Balaban J connectivity index is 0.000000299. The van der Waals surface area contributed by atoms with Gasteiger partial charge in [0.25, 0.3) is 0 Å². The van der Waals surface area contributed by atoms with E-state index in [0.717, 1.165) is 17.9 Å². The van der Waals surface area contributed by atoms with Crippen LogP contribution in [0, 0.1) is 0 Å². The average Bonchev–Trinajstić information content (AvgIpc) is 2.91. The maximum absolute atomic E-state index is 5.97. The molecule has 1 heterocycles. The van der Waals surface area contributed by atoms with E-state index in [2.05, 4.69) is 65.4 Å². The monoisotopic (exact) mass is 344 g/mol. The van der Waals surface area contributed by atoms with E-state index in [1.54, 1.807) is 4.68 Å². The highest BCUT2D eigenvalue weighted by molar-refractivity contribution is 5.43. The van der Waals surface area contributed by atoms with E-state index in [-0.39, 0.29) is 5.41 Å². The highest BCUT2D eigenvalue weighted by atomic mass is 15.3.